The maximum Gasteiger partial charge on any atom is 0.231 e. The second kappa shape index (κ2) is 7.58. The number of amides is 1. The van der Waals surface area contributed by atoms with Crippen molar-refractivity contribution in [2.75, 3.05) is 11.9 Å². The minimum atomic E-state index is -0.567. The molecule has 2 aromatic rings. The Morgan fingerprint density at radius 1 is 1.09 bits per heavy atom. The SMILES string of the molecule is O=C(Nc1ncnc2c1CCN(Cc1ccc(F)cc1F)C2)C12CC3CC(CC(C3)C1)C2. The number of hydrogen-bond acceptors (Lipinski definition) is 4. The Balaban J connectivity index is 1.18. The number of nitrogens with one attached hydrogen (secondary N) is 1. The molecule has 4 aliphatic carbocycles. The number of anilines is 1. The molecule has 7 heteroatoms. The van der Waals surface area contributed by atoms with Gasteiger partial charge in [0.2, 0.25) is 5.91 Å². The molecule has 1 aliphatic heterocycles. The van der Waals surface area contributed by atoms with E-state index in [0.29, 0.717) is 55.2 Å². The van der Waals surface area contributed by atoms with E-state index in [2.05, 4.69) is 20.2 Å². The lowest BCUT2D eigenvalue weighted by molar-refractivity contribution is -0.140. The molecule has 1 aromatic carbocycles. The highest BCUT2D eigenvalue weighted by molar-refractivity contribution is 5.95. The van der Waals surface area contributed by atoms with E-state index >= 15 is 0 Å². The minimum Gasteiger partial charge on any atom is -0.310 e. The van der Waals surface area contributed by atoms with Gasteiger partial charge in [0.05, 0.1) is 11.1 Å². The lowest BCUT2D eigenvalue weighted by Gasteiger charge is -2.55. The number of aromatic nitrogens is 2. The van der Waals surface area contributed by atoms with E-state index in [0.717, 1.165) is 36.6 Å². The summed E-state index contributed by atoms with van der Waals surface area (Å²) in [6, 6.07) is 3.71. The van der Waals surface area contributed by atoms with Crippen molar-refractivity contribution in [3.05, 3.63) is 53.0 Å². The van der Waals surface area contributed by atoms with Crippen LogP contribution in [0.2, 0.25) is 0 Å². The smallest absolute Gasteiger partial charge is 0.231 e. The first-order chi connectivity index (χ1) is 15.5. The molecule has 0 spiro atoms. The summed E-state index contributed by atoms with van der Waals surface area (Å²) in [5, 5.41) is 3.20. The summed E-state index contributed by atoms with van der Waals surface area (Å²) < 4.78 is 27.3. The Morgan fingerprint density at radius 3 is 2.50 bits per heavy atom. The normalized spacial score (nSPS) is 30.9. The number of benzene rings is 1. The highest BCUT2D eigenvalue weighted by Crippen LogP contribution is 2.60. The molecule has 4 bridgehead atoms. The molecule has 32 heavy (non-hydrogen) atoms. The van der Waals surface area contributed by atoms with Crippen LogP contribution in [-0.2, 0) is 24.3 Å². The maximum atomic E-state index is 14.1. The first-order valence-corrected chi connectivity index (χ1v) is 11.8. The number of nitrogens with zero attached hydrogens (tertiary/aromatic N) is 3. The highest BCUT2D eigenvalue weighted by Gasteiger charge is 2.54. The zero-order valence-corrected chi connectivity index (χ0v) is 18.1. The fourth-order valence-corrected chi connectivity index (χ4v) is 7.17. The van der Waals surface area contributed by atoms with Crippen LogP contribution in [0, 0.1) is 34.8 Å². The Bertz CT molecular complexity index is 1040. The van der Waals surface area contributed by atoms with E-state index in [4.69, 9.17) is 0 Å². The van der Waals surface area contributed by atoms with Crippen molar-refractivity contribution in [3.63, 3.8) is 0 Å². The van der Waals surface area contributed by atoms with E-state index in [1.165, 1.54) is 37.7 Å². The number of fused-ring (bicyclic) bond motifs is 1. The number of carbonyl (C=O) groups is 1. The summed E-state index contributed by atoms with van der Waals surface area (Å²) in [6.07, 6.45) is 9.19. The Morgan fingerprint density at radius 2 is 1.81 bits per heavy atom. The molecular weight excluding hydrogens is 410 g/mol. The van der Waals surface area contributed by atoms with Crippen molar-refractivity contribution in [3.8, 4) is 0 Å². The van der Waals surface area contributed by atoms with Crippen LogP contribution in [0.3, 0.4) is 0 Å². The van der Waals surface area contributed by atoms with Crippen LogP contribution in [0.15, 0.2) is 24.5 Å². The first-order valence-electron chi connectivity index (χ1n) is 11.8. The summed E-state index contributed by atoms with van der Waals surface area (Å²) >= 11 is 0. The van der Waals surface area contributed by atoms with E-state index in [1.807, 2.05) is 0 Å². The Kier molecular flexibility index (Phi) is 4.79. The lowest BCUT2D eigenvalue weighted by atomic mass is 9.49. The molecule has 0 radical (unpaired) electrons. The van der Waals surface area contributed by atoms with Gasteiger partial charge in [-0.2, -0.15) is 0 Å². The Labute approximate surface area is 186 Å². The predicted molar refractivity (Wildman–Crippen MR) is 115 cm³/mol. The van der Waals surface area contributed by atoms with Crippen LogP contribution in [0.5, 0.6) is 0 Å². The standard InChI is InChI=1S/C25H28F2N4O/c26-19-2-1-18(21(27)8-19)12-31-4-3-20-22(13-31)28-14-29-23(20)30-24(32)25-9-15-5-16(10-25)7-17(6-15)11-25/h1-2,8,14-17H,3-7,9-13H2,(H,28,29,30,32). The molecule has 1 aromatic heterocycles. The number of rotatable bonds is 4. The molecule has 5 aliphatic rings. The molecule has 1 amide bonds. The van der Waals surface area contributed by atoms with Crippen LogP contribution >= 0.6 is 0 Å². The van der Waals surface area contributed by atoms with Gasteiger partial charge in [-0.25, -0.2) is 18.7 Å². The van der Waals surface area contributed by atoms with Gasteiger partial charge in [-0.3, -0.25) is 9.69 Å². The third-order valence-corrected chi connectivity index (χ3v) is 8.25. The predicted octanol–water partition coefficient (Wildman–Crippen LogP) is 4.47. The van der Waals surface area contributed by atoms with E-state index in [9.17, 15) is 13.6 Å². The van der Waals surface area contributed by atoms with Crippen LogP contribution in [-0.4, -0.2) is 27.3 Å². The minimum absolute atomic E-state index is 0.147. The van der Waals surface area contributed by atoms with Crippen LogP contribution in [0.4, 0.5) is 14.6 Å². The van der Waals surface area contributed by atoms with Gasteiger partial charge in [0.15, 0.2) is 0 Å². The van der Waals surface area contributed by atoms with Gasteiger partial charge in [0, 0.05) is 36.8 Å². The molecule has 2 heterocycles. The number of halogens is 2. The molecule has 0 atom stereocenters. The van der Waals surface area contributed by atoms with Crippen LogP contribution in [0.25, 0.3) is 0 Å². The van der Waals surface area contributed by atoms with Gasteiger partial charge in [0.25, 0.3) is 0 Å². The van der Waals surface area contributed by atoms with Gasteiger partial charge < -0.3 is 5.32 Å². The third kappa shape index (κ3) is 3.51. The fourth-order valence-electron chi connectivity index (χ4n) is 7.17. The van der Waals surface area contributed by atoms with Crippen molar-refractivity contribution >= 4 is 11.7 Å². The summed E-state index contributed by atoms with van der Waals surface area (Å²) in [4.78, 5) is 24.4. The largest absolute Gasteiger partial charge is 0.310 e. The average molecular weight is 439 g/mol. The maximum absolute atomic E-state index is 14.1. The molecule has 0 unspecified atom stereocenters. The molecular formula is C25H28F2N4O. The highest BCUT2D eigenvalue weighted by atomic mass is 19.1. The topological polar surface area (TPSA) is 58.1 Å². The second-order valence-electron chi connectivity index (χ2n) is 10.5. The molecule has 4 saturated carbocycles. The molecule has 0 saturated heterocycles. The summed E-state index contributed by atoms with van der Waals surface area (Å²) in [6.45, 7) is 1.65. The first kappa shape index (κ1) is 20.2. The van der Waals surface area contributed by atoms with Crippen LogP contribution < -0.4 is 5.32 Å². The van der Waals surface area contributed by atoms with Crippen LogP contribution in [0.1, 0.15) is 55.3 Å². The van der Waals surface area contributed by atoms with E-state index < -0.39 is 11.6 Å². The zero-order chi connectivity index (χ0) is 21.9. The third-order valence-electron chi connectivity index (χ3n) is 8.25. The average Bonchev–Trinajstić information content (AvgIpc) is 2.75. The van der Waals surface area contributed by atoms with Crippen molar-refractivity contribution in [1.82, 2.24) is 14.9 Å². The molecule has 7 rings (SSSR count). The van der Waals surface area contributed by atoms with E-state index in [-0.39, 0.29) is 11.3 Å². The Hall–Kier alpha value is -2.41. The lowest BCUT2D eigenvalue weighted by Crippen LogP contribution is -2.52. The second-order valence-corrected chi connectivity index (χ2v) is 10.5. The van der Waals surface area contributed by atoms with Gasteiger partial charge in [-0.05, 0) is 68.8 Å². The molecule has 168 valence electrons. The van der Waals surface area contributed by atoms with Crippen molar-refractivity contribution in [2.45, 2.75) is 58.0 Å². The molecule has 5 nitrogen and oxygen atoms in total. The molecule has 1 N–H and O–H groups in total. The quantitative estimate of drug-likeness (QED) is 0.765. The molecule has 4 fully saturated rings. The van der Waals surface area contributed by atoms with Gasteiger partial charge in [-0.1, -0.05) is 6.07 Å². The monoisotopic (exact) mass is 438 g/mol. The van der Waals surface area contributed by atoms with Crippen molar-refractivity contribution in [1.29, 1.82) is 0 Å². The summed E-state index contributed by atoms with van der Waals surface area (Å²) in [7, 11) is 0. The van der Waals surface area contributed by atoms with Crippen molar-refractivity contribution in [2.24, 2.45) is 23.2 Å². The van der Waals surface area contributed by atoms with Gasteiger partial charge in [-0.15, -0.1) is 0 Å². The van der Waals surface area contributed by atoms with Gasteiger partial charge >= 0.3 is 0 Å². The zero-order valence-electron chi connectivity index (χ0n) is 18.1. The summed E-state index contributed by atoms with van der Waals surface area (Å²) in [5.74, 6) is 1.84. The number of carbonyl (C=O) groups excluding carboxylic acids is 1. The van der Waals surface area contributed by atoms with Gasteiger partial charge in [0.1, 0.15) is 23.8 Å². The number of hydrogen-bond donors (Lipinski definition) is 1. The van der Waals surface area contributed by atoms with E-state index in [1.54, 1.807) is 0 Å². The summed E-state index contributed by atoms with van der Waals surface area (Å²) in [5.41, 5.74) is 2.11. The van der Waals surface area contributed by atoms with Crippen molar-refractivity contribution < 1.29 is 13.6 Å². The fraction of sp³-hybridized carbons (Fsp3) is 0.560.